The summed E-state index contributed by atoms with van der Waals surface area (Å²) in [6.07, 6.45) is 0. The maximum absolute atomic E-state index is 11.9. The van der Waals surface area contributed by atoms with Gasteiger partial charge in [0.05, 0.1) is 30.6 Å². The Morgan fingerprint density at radius 3 is 2.52 bits per heavy atom. The molecular weight excluding hydrogens is 266 g/mol. The Morgan fingerprint density at radius 2 is 1.81 bits per heavy atom. The van der Waals surface area contributed by atoms with Crippen molar-refractivity contribution >= 4 is 17.3 Å². The van der Waals surface area contributed by atoms with Crippen LogP contribution in [0.1, 0.15) is 5.56 Å². The van der Waals surface area contributed by atoms with Gasteiger partial charge < -0.3 is 15.4 Å². The molecule has 5 heteroatoms. The van der Waals surface area contributed by atoms with Gasteiger partial charge in [-0.1, -0.05) is 24.3 Å². The van der Waals surface area contributed by atoms with Gasteiger partial charge in [-0.25, -0.2) is 0 Å². The molecule has 2 aromatic carbocycles. The van der Waals surface area contributed by atoms with E-state index in [-0.39, 0.29) is 12.5 Å². The van der Waals surface area contributed by atoms with Gasteiger partial charge in [-0.3, -0.25) is 4.79 Å². The van der Waals surface area contributed by atoms with E-state index in [2.05, 4.69) is 10.6 Å². The van der Waals surface area contributed by atoms with Crippen molar-refractivity contribution in [3.8, 4) is 11.8 Å². The summed E-state index contributed by atoms with van der Waals surface area (Å²) in [5.74, 6) is 0.436. The van der Waals surface area contributed by atoms with Crippen LogP contribution in [0.25, 0.3) is 0 Å². The van der Waals surface area contributed by atoms with Crippen LogP contribution in [-0.4, -0.2) is 19.6 Å². The van der Waals surface area contributed by atoms with Gasteiger partial charge in [0.25, 0.3) is 0 Å². The number of anilines is 2. The average molecular weight is 281 g/mol. The molecule has 0 radical (unpaired) electrons. The smallest absolute Gasteiger partial charge is 0.243 e. The Hall–Kier alpha value is -3.00. The summed E-state index contributed by atoms with van der Waals surface area (Å²) in [6, 6.07) is 16.3. The van der Waals surface area contributed by atoms with Crippen LogP contribution in [0.2, 0.25) is 0 Å². The van der Waals surface area contributed by atoms with E-state index in [1.165, 1.54) is 0 Å². The van der Waals surface area contributed by atoms with Gasteiger partial charge in [0.1, 0.15) is 11.8 Å². The van der Waals surface area contributed by atoms with Crippen molar-refractivity contribution in [2.75, 3.05) is 24.3 Å². The molecule has 106 valence electrons. The van der Waals surface area contributed by atoms with Crippen LogP contribution in [0.15, 0.2) is 48.5 Å². The van der Waals surface area contributed by atoms with E-state index >= 15 is 0 Å². The van der Waals surface area contributed by atoms with Crippen molar-refractivity contribution in [1.29, 1.82) is 5.26 Å². The zero-order chi connectivity index (χ0) is 15.1. The molecule has 0 saturated carbocycles. The van der Waals surface area contributed by atoms with E-state index in [4.69, 9.17) is 10.00 Å². The molecule has 0 unspecified atom stereocenters. The number of rotatable bonds is 5. The summed E-state index contributed by atoms with van der Waals surface area (Å²) in [4.78, 5) is 11.9. The quantitative estimate of drug-likeness (QED) is 0.883. The predicted molar refractivity (Wildman–Crippen MR) is 81.3 cm³/mol. The number of nitrogens with one attached hydrogen (secondary N) is 2. The highest BCUT2D eigenvalue weighted by Crippen LogP contribution is 2.22. The molecule has 2 N–H and O–H groups in total. The van der Waals surface area contributed by atoms with Crippen molar-refractivity contribution in [2.24, 2.45) is 0 Å². The number of para-hydroxylation sites is 3. The van der Waals surface area contributed by atoms with Crippen molar-refractivity contribution in [1.82, 2.24) is 0 Å². The van der Waals surface area contributed by atoms with E-state index in [1.54, 1.807) is 31.4 Å². The van der Waals surface area contributed by atoms with Gasteiger partial charge in [0, 0.05) is 0 Å². The number of hydrogen-bond acceptors (Lipinski definition) is 4. The van der Waals surface area contributed by atoms with Gasteiger partial charge in [0.2, 0.25) is 5.91 Å². The molecule has 1 amide bonds. The Morgan fingerprint density at radius 1 is 1.14 bits per heavy atom. The highest BCUT2D eigenvalue weighted by atomic mass is 16.5. The molecule has 0 heterocycles. The normalized spacial score (nSPS) is 9.52. The third-order valence-corrected chi connectivity index (χ3v) is 2.87. The summed E-state index contributed by atoms with van der Waals surface area (Å²) in [5, 5.41) is 14.7. The first-order valence-electron chi connectivity index (χ1n) is 6.40. The number of nitriles is 1. The van der Waals surface area contributed by atoms with Gasteiger partial charge >= 0.3 is 0 Å². The number of hydrogen-bond donors (Lipinski definition) is 2. The van der Waals surface area contributed by atoms with Crippen molar-refractivity contribution in [2.45, 2.75) is 0 Å². The van der Waals surface area contributed by atoms with Crippen LogP contribution in [0.4, 0.5) is 11.4 Å². The predicted octanol–water partition coefficient (Wildman–Crippen LogP) is 2.62. The lowest BCUT2D eigenvalue weighted by Gasteiger charge is -2.11. The second kappa shape index (κ2) is 6.96. The van der Waals surface area contributed by atoms with E-state index in [1.807, 2.05) is 30.3 Å². The van der Waals surface area contributed by atoms with Gasteiger partial charge in [-0.2, -0.15) is 5.26 Å². The molecule has 0 fully saturated rings. The van der Waals surface area contributed by atoms with Gasteiger partial charge in [0.15, 0.2) is 0 Å². The summed E-state index contributed by atoms with van der Waals surface area (Å²) in [7, 11) is 1.57. The molecule has 5 nitrogen and oxygen atoms in total. The standard InChI is InChI=1S/C16H15N3O2/c1-21-15-9-5-4-8-14(15)18-11-16(20)19-13-7-3-2-6-12(13)10-17/h2-9,18H,11H2,1H3,(H,19,20). The minimum absolute atomic E-state index is 0.0835. The van der Waals surface area contributed by atoms with Gasteiger partial charge in [-0.15, -0.1) is 0 Å². The number of methoxy groups -OCH3 is 1. The summed E-state index contributed by atoms with van der Waals surface area (Å²) in [5.41, 5.74) is 1.68. The van der Waals surface area contributed by atoms with Crippen LogP contribution in [0.3, 0.4) is 0 Å². The number of nitrogens with zero attached hydrogens (tertiary/aromatic N) is 1. The number of amides is 1. The summed E-state index contributed by atoms with van der Waals surface area (Å²) >= 11 is 0. The molecule has 0 aliphatic rings. The largest absolute Gasteiger partial charge is 0.495 e. The molecule has 0 bridgehead atoms. The average Bonchev–Trinajstić information content (AvgIpc) is 2.53. The lowest BCUT2D eigenvalue weighted by atomic mass is 10.2. The summed E-state index contributed by atoms with van der Waals surface area (Å²) in [6.45, 7) is 0.0835. The Balaban J connectivity index is 1.98. The molecule has 0 saturated heterocycles. The van der Waals surface area contributed by atoms with Crippen molar-refractivity contribution in [3.05, 3.63) is 54.1 Å². The van der Waals surface area contributed by atoms with Crippen LogP contribution < -0.4 is 15.4 Å². The molecule has 0 spiro atoms. The third-order valence-electron chi connectivity index (χ3n) is 2.87. The zero-order valence-electron chi connectivity index (χ0n) is 11.6. The summed E-state index contributed by atoms with van der Waals surface area (Å²) < 4.78 is 5.20. The van der Waals surface area contributed by atoms with Crippen LogP contribution in [0, 0.1) is 11.3 Å². The fraction of sp³-hybridized carbons (Fsp3) is 0.125. The number of benzene rings is 2. The second-order valence-electron chi connectivity index (χ2n) is 4.26. The molecule has 0 aromatic heterocycles. The Labute approximate surface area is 123 Å². The topological polar surface area (TPSA) is 74.2 Å². The van der Waals surface area contributed by atoms with E-state index in [0.717, 1.165) is 5.69 Å². The minimum Gasteiger partial charge on any atom is -0.495 e. The first-order valence-corrected chi connectivity index (χ1v) is 6.40. The molecule has 2 aromatic rings. The second-order valence-corrected chi connectivity index (χ2v) is 4.26. The number of carbonyl (C=O) groups excluding carboxylic acids is 1. The molecule has 0 atom stereocenters. The first-order chi connectivity index (χ1) is 10.2. The van der Waals surface area contributed by atoms with Crippen LogP contribution in [-0.2, 0) is 4.79 Å². The maximum Gasteiger partial charge on any atom is 0.243 e. The van der Waals surface area contributed by atoms with Crippen molar-refractivity contribution < 1.29 is 9.53 Å². The van der Waals surface area contributed by atoms with Crippen molar-refractivity contribution in [3.63, 3.8) is 0 Å². The first kappa shape index (κ1) is 14.4. The monoisotopic (exact) mass is 281 g/mol. The lowest BCUT2D eigenvalue weighted by molar-refractivity contribution is -0.114. The van der Waals surface area contributed by atoms with Crippen LogP contribution >= 0.6 is 0 Å². The highest BCUT2D eigenvalue weighted by Gasteiger charge is 2.07. The fourth-order valence-electron chi connectivity index (χ4n) is 1.85. The van der Waals surface area contributed by atoms with Gasteiger partial charge in [-0.05, 0) is 24.3 Å². The van der Waals surface area contributed by atoms with E-state index in [0.29, 0.717) is 17.0 Å². The highest BCUT2D eigenvalue weighted by molar-refractivity contribution is 5.95. The maximum atomic E-state index is 11.9. The molecular formula is C16H15N3O2. The van der Waals surface area contributed by atoms with E-state index in [9.17, 15) is 4.79 Å². The van der Waals surface area contributed by atoms with E-state index < -0.39 is 0 Å². The molecule has 0 aliphatic carbocycles. The Bertz CT molecular complexity index is 677. The molecule has 2 rings (SSSR count). The molecule has 21 heavy (non-hydrogen) atoms. The van der Waals surface area contributed by atoms with Crippen LogP contribution in [0.5, 0.6) is 5.75 Å². The molecule has 0 aliphatic heterocycles. The number of ether oxygens (including phenoxy) is 1. The SMILES string of the molecule is COc1ccccc1NCC(=O)Nc1ccccc1C#N. The number of carbonyl (C=O) groups is 1. The minimum atomic E-state index is -0.233. The third kappa shape index (κ3) is 3.74. The lowest BCUT2D eigenvalue weighted by Crippen LogP contribution is -2.22. The zero-order valence-corrected chi connectivity index (χ0v) is 11.6. The Kier molecular flexibility index (Phi) is 4.78. The fourth-order valence-corrected chi connectivity index (χ4v) is 1.85.